The second kappa shape index (κ2) is 12.9. The number of rotatable bonds is 7. The summed E-state index contributed by atoms with van der Waals surface area (Å²) in [6.07, 6.45) is 3.50. The van der Waals surface area contributed by atoms with E-state index in [1.54, 1.807) is 7.11 Å². The van der Waals surface area contributed by atoms with Crippen molar-refractivity contribution in [2.24, 2.45) is 0 Å². The highest BCUT2D eigenvalue weighted by Crippen LogP contribution is 2.56. The summed E-state index contributed by atoms with van der Waals surface area (Å²) in [6.45, 7) is 0.968. The molecule has 0 radical (unpaired) electrons. The summed E-state index contributed by atoms with van der Waals surface area (Å²) in [7, 11) is 1.61. The van der Waals surface area contributed by atoms with Crippen molar-refractivity contribution in [2.75, 3.05) is 19.0 Å². The van der Waals surface area contributed by atoms with Gasteiger partial charge in [-0.1, -0.05) is 60.7 Å². The number of benzene rings is 4. The van der Waals surface area contributed by atoms with E-state index in [2.05, 4.69) is 34.0 Å². The standard InChI is InChI=1S/C37H33IN2O7/c1-44-30-14-11-25-21-40(36(43)39-29-8-4-6-24-5-2-3-7-28(24)29)18-17-37-16-15-27(19-31(37)47-35(30)34(25)37)46-33(42)20-32(41)45-22-23-9-12-26(38)13-10-23/h2-16,27,31H,17-22H2,1H3,(H,39,43)/t27-,31-,37+/m1/s1. The average Bonchev–Trinajstić information content (AvgIpc) is 3.31. The molecule has 0 aromatic heterocycles. The van der Waals surface area contributed by atoms with Crippen LogP contribution in [-0.4, -0.2) is 48.7 Å². The molecule has 1 N–H and O–H groups in total. The Hall–Kier alpha value is -4.58. The molecular weight excluding hydrogens is 711 g/mol. The molecule has 0 unspecified atom stereocenters. The van der Waals surface area contributed by atoms with Crippen LogP contribution in [0.15, 0.2) is 91.0 Å². The molecule has 0 saturated heterocycles. The van der Waals surface area contributed by atoms with Crippen molar-refractivity contribution in [1.82, 2.24) is 4.90 Å². The summed E-state index contributed by atoms with van der Waals surface area (Å²) in [4.78, 5) is 40.6. The van der Waals surface area contributed by atoms with Crippen molar-refractivity contribution in [1.29, 1.82) is 0 Å². The SMILES string of the molecule is COc1ccc2c3c1O[C@@H]1C[C@H](OC(=O)CC(=O)OCc4ccc(I)cc4)C=C[C@@]31CCN(C(=O)Nc1cccc3ccccc13)C2. The monoisotopic (exact) mass is 744 g/mol. The van der Waals surface area contributed by atoms with Crippen LogP contribution >= 0.6 is 22.6 Å². The predicted molar refractivity (Wildman–Crippen MR) is 184 cm³/mol. The van der Waals surface area contributed by atoms with Crippen LogP contribution in [0.25, 0.3) is 10.8 Å². The molecule has 2 aliphatic heterocycles. The number of hydrogen-bond acceptors (Lipinski definition) is 7. The molecule has 2 amide bonds. The van der Waals surface area contributed by atoms with E-state index in [9.17, 15) is 14.4 Å². The van der Waals surface area contributed by atoms with Gasteiger partial charge in [0.2, 0.25) is 0 Å². The second-order valence-electron chi connectivity index (χ2n) is 12.0. The van der Waals surface area contributed by atoms with Crippen LogP contribution in [-0.2, 0) is 37.6 Å². The van der Waals surface area contributed by atoms with E-state index in [0.717, 1.165) is 36.7 Å². The third-order valence-corrected chi connectivity index (χ3v) is 9.86. The molecule has 3 aliphatic rings. The van der Waals surface area contributed by atoms with Gasteiger partial charge >= 0.3 is 18.0 Å². The van der Waals surface area contributed by atoms with Gasteiger partial charge in [-0.25, -0.2) is 4.79 Å². The molecule has 0 fully saturated rings. The van der Waals surface area contributed by atoms with E-state index in [1.165, 1.54) is 0 Å². The molecule has 0 saturated carbocycles. The van der Waals surface area contributed by atoms with E-state index in [4.69, 9.17) is 18.9 Å². The number of anilines is 1. The molecule has 2 heterocycles. The van der Waals surface area contributed by atoms with Gasteiger partial charge in [-0.3, -0.25) is 9.59 Å². The molecular formula is C37H33IN2O7. The van der Waals surface area contributed by atoms with Crippen LogP contribution < -0.4 is 14.8 Å². The topological polar surface area (TPSA) is 103 Å². The number of hydrogen-bond donors (Lipinski definition) is 1. The summed E-state index contributed by atoms with van der Waals surface area (Å²) in [6, 6.07) is 25.1. The summed E-state index contributed by atoms with van der Waals surface area (Å²) in [5.74, 6) is -0.0328. The van der Waals surface area contributed by atoms with Crippen molar-refractivity contribution in [3.8, 4) is 11.5 Å². The zero-order chi connectivity index (χ0) is 32.5. The smallest absolute Gasteiger partial charge is 0.322 e. The number of nitrogens with one attached hydrogen (secondary N) is 1. The Labute approximate surface area is 286 Å². The van der Waals surface area contributed by atoms with E-state index >= 15 is 0 Å². The van der Waals surface area contributed by atoms with Crippen LogP contribution in [0.4, 0.5) is 10.5 Å². The number of esters is 2. The van der Waals surface area contributed by atoms with Crippen molar-refractivity contribution >= 4 is 57.0 Å². The number of fused-ring (bicyclic) bond motifs is 1. The summed E-state index contributed by atoms with van der Waals surface area (Å²) in [5, 5.41) is 5.17. The van der Waals surface area contributed by atoms with E-state index in [0.29, 0.717) is 37.4 Å². The maximum Gasteiger partial charge on any atom is 0.322 e. The first-order chi connectivity index (χ1) is 22.8. The number of amides is 2. The molecule has 47 heavy (non-hydrogen) atoms. The molecule has 9 nitrogen and oxygen atoms in total. The largest absolute Gasteiger partial charge is 0.493 e. The van der Waals surface area contributed by atoms with E-state index in [-0.39, 0.29) is 18.7 Å². The van der Waals surface area contributed by atoms with Crippen LogP contribution in [0.5, 0.6) is 11.5 Å². The minimum atomic E-state index is -0.658. The first kappa shape index (κ1) is 31.0. The van der Waals surface area contributed by atoms with Gasteiger partial charge in [0.25, 0.3) is 0 Å². The van der Waals surface area contributed by atoms with Crippen molar-refractivity contribution < 1.29 is 33.3 Å². The van der Waals surface area contributed by atoms with Gasteiger partial charge in [-0.05, 0) is 75.9 Å². The van der Waals surface area contributed by atoms with Crippen LogP contribution in [0.3, 0.4) is 0 Å². The molecule has 1 spiro atoms. The van der Waals surface area contributed by atoms with Crippen LogP contribution in [0.1, 0.15) is 36.0 Å². The Bertz CT molecular complexity index is 1890. The highest BCUT2D eigenvalue weighted by Gasteiger charge is 2.53. The maximum absolute atomic E-state index is 13.7. The number of carbonyl (C=O) groups is 3. The fourth-order valence-electron chi connectivity index (χ4n) is 6.84. The van der Waals surface area contributed by atoms with Gasteiger partial charge in [0, 0.05) is 34.0 Å². The number of nitrogens with zero attached hydrogens (tertiary/aromatic N) is 1. The second-order valence-corrected chi connectivity index (χ2v) is 13.2. The molecule has 1 aliphatic carbocycles. The third kappa shape index (κ3) is 6.14. The highest BCUT2D eigenvalue weighted by atomic mass is 127. The number of halogens is 1. The Balaban J connectivity index is 1.06. The Morgan fingerprint density at radius 3 is 2.64 bits per heavy atom. The average molecular weight is 745 g/mol. The molecule has 7 rings (SSSR count). The predicted octanol–water partition coefficient (Wildman–Crippen LogP) is 6.89. The molecule has 4 aromatic rings. The van der Waals surface area contributed by atoms with Gasteiger partial charge in [-0.2, -0.15) is 0 Å². The first-order valence-electron chi connectivity index (χ1n) is 15.5. The fourth-order valence-corrected chi connectivity index (χ4v) is 7.20. The lowest BCUT2D eigenvalue weighted by atomic mass is 9.69. The first-order valence-corrected chi connectivity index (χ1v) is 16.6. The van der Waals surface area contributed by atoms with Gasteiger partial charge < -0.3 is 29.2 Å². The van der Waals surface area contributed by atoms with Gasteiger partial charge in [0.15, 0.2) is 11.5 Å². The van der Waals surface area contributed by atoms with Gasteiger partial charge in [0.1, 0.15) is 25.2 Å². The number of methoxy groups -OCH3 is 1. The third-order valence-electron chi connectivity index (χ3n) is 9.14. The lowest BCUT2D eigenvalue weighted by Gasteiger charge is -2.36. The van der Waals surface area contributed by atoms with Crippen LogP contribution in [0.2, 0.25) is 0 Å². The Kier molecular flexibility index (Phi) is 8.52. The number of carbonyl (C=O) groups excluding carboxylic acids is 3. The maximum atomic E-state index is 13.7. The lowest BCUT2D eigenvalue weighted by molar-refractivity contribution is -0.157. The van der Waals surface area contributed by atoms with Crippen molar-refractivity contribution in [2.45, 2.75) is 50.0 Å². The molecule has 10 heteroatoms. The summed E-state index contributed by atoms with van der Waals surface area (Å²) >= 11 is 2.20. The minimum Gasteiger partial charge on any atom is -0.493 e. The zero-order valence-corrected chi connectivity index (χ0v) is 27.9. The zero-order valence-electron chi connectivity index (χ0n) is 25.7. The Morgan fingerprint density at radius 2 is 1.81 bits per heavy atom. The molecule has 240 valence electrons. The highest BCUT2D eigenvalue weighted by molar-refractivity contribution is 14.1. The number of ether oxygens (including phenoxy) is 4. The number of urea groups is 1. The Morgan fingerprint density at radius 1 is 1.00 bits per heavy atom. The van der Waals surface area contributed by atoms with Crippen LogP contribution in [0, 0.1) is 3.57 Å². The van der Waals surface area contributed by atoms with E-state index < -0.39 is 29.9 Å². The quantitative estimate of drug-likeness (QED) is 0.0952. The lowest BCUT2D eigenvalue weighted by Crippen LogP contribution is -2.44. The van der Waals surface area contributed by atoms with Gasteiger partial charge in [-0.15, -0.1) is 0 Å². The molecule has 0 bridgehead atoms. The molecule has 4 aromatic carbocycles. The summed E-state index contributed by atoms with van der Waals surface area (Å²) < 4.78 is 24.3. The van der Waals surface area contributed by atoms with E-state index in [1.807, 2.05) is 89.8 Å². The minimum absolute atomic E-state index is 0.0875. The van der Waals surface area contributed by atoms with Crippen molar-refractivity contribution in [3.63, 3.8) is 0 Å². The summed E-state index contributed by atoms with van der Waals surface area (Å²) in [5.41, 5.74) is 3.04. The normalized spacial score (nSPS) is 20.8. The molecule has 3 atom stereocenters. The fraction of sp³-hybridized carbons (Fsp3) is 0.270. The van der Waals surface area contributed by atoms with Crippen molar-refractivity contribution in [3.05, 3.63) is 111 Å². The van der Waals surface area contributed by atoms with Gasteiger partial charge in [0.05, 0.1) is 18.2 Å².